The number of methoxy groups -OCH3 is 1. The van der Waals surface area contributed by atoms with E-state index in [1.807, 2.05) is 4.68 Å². The number of aryl methyl sites for hydroxylation is 1. The smallest absolute Gasteiger partial charge is 0.165 e. The molecule has 1 saturated carbocycles. The van der Waals surface area contributed by atoms with E-state index >= 15 is 0 Å². The maximum atomic E-state index is 5.01. The van der Waals surface area contributed by atoms with Crippen molar-refractivity contribution >= 4 is 0 Å². The Morgan fingerprint density at radius 3 is 3.06 bits per heavy atom. The molecule has 0 amide bonds. The van der Waals surface area contributed by atoms with Gasteiger partial charge in [0.1, 0.15) is 0 Å². The van der Waals surface area contributed by atoms with E-state index in [9.17, 15) is 0 Å². The van der Waals surface area contributed by atoms with Gasteiger partial charge in [0.25, 0.3) is 0 Å². The summed E-state index contributed by atoms with van der Waals surface area (Å²) in [5, 5.41) is 15.1. The first-order valence-corrected chi connectivity index (χ1v) is 5.87. The van der Waals surface area contributed by atoms with Crippen molar-refractivity contribution in [2.45, 2.75) is 44.8 Å². The molecule has 0 bridgehead atoms. The standard InChI is InChI=1S/C10H19N5O/c1-16-7-3-2-6-15-10(12-13-14-15)8-11-9-4-5-9/h9,11H,2-8H2,1H3. The molecule has 1 heterocycles. The van der Waals surface area contributed by atoms with Crippen LogP contribution in [-0.4, -0.2) is 40.0 Å². The van der Waals surface area contributed by atoms with E-state index in [1.165, 1.54) is 12.8 Å². The van der Waals surface area contributed by atoms with Gasteiger partial charge in [-0.3, -0.25) is 0 Å². The number of hydrogen-bond acceptors (Lipinski definition) is 5. The molecular weight excluding hydrogens is 206 g/mol. The van der Waals surface area contributed by atoms with E-state index in [-0.39, 0.29) is 0 Å². The summed E-state index contributed by atoms with van der Waals surface area (Å²) in [4.78, 5) is 0. The molecule has 6 heteroatoms. The second-order valence-corrected chi connectivity index (χ2v) is 4.17. The Kier molecular flexibility index (Phi) is 4.24. The summed E-state index contributed by atoms with van der Waals surface area (Å²) >= 11 is 0. The van der Waals surface area contributed by atoms with E-state index in [2.05, 4.69) is 20.8 Å². The molecule has 0 unspecified atom stereocenters. The summed E-state index contributed by atoms with van der Waals surface area (Å²) in [6, 6.07) is 0.693. The van der Waals surface area contributed by atoms with Gasteiger partial charge in [0.15, 0.2) is 5.82 Å². The van der Waals surface area contributed by atoms with Crippen LogP contribution in [0.15, 0.2) is 0 Å². The van der Waals surface area contributed by atoms with Crippen molar-refractivity contribution < 1.29 is 4.74 Å². The molecule has 0 saturated heterocycles. The molecule has 1 aliphatic carbocycles. The van der Waals surface area contributed by atoms with Crippen molar-refractivity contribution in [3.63, 3.8) is 0 Å². The summed E-state index contributed by atoms with van der Waals surface area (Å²) in [6.45, 7) is 2.46. The van der Waals surface area contributed by atoms with Crippen LogP contribution in [0, 0.1) is 0 Å². The van der Waals surface area contributed by atoms with Gasteiger partial charge in [0.2, 0.25) is 0 Å². The number of nitrogens with zero attached hydrogens (tertiary/aromatic N) is 4. The first-order chi connectivity index (χ1) is 7.90. The Balaban J connectivity index is 1.71. The largest absolute Gasteiger partial charge is 0.385 e. The maximum absolute atomic E-state index is 5.01. The second kappa shape index (κ2) is 5.91. The number of tetrazole rings is 1. The second-order valence-electron chi connectivity index (χ2n) is 4.17. The van der Waals surface area contributed by atoms with Gasteiger partial charge >= 0.3 is 0 Å². The molecule has 0 aliphatic heterocycles. The Labute approximate surface area is 95.4 Å². The van der Waals surface area contributed by atoms with Gasteiger partial charge in [0.05, 0.1) is 6.54 Å². The number of unbranched alkanes of at least 4 members (excludes halogenated alkanes) is 1. The molecule has 0 radical (unpaired) electrons. The number of aromatic nitrogens is 4. The van der Waals surface area contributed by atoms with Gasteiger partial charge in [-0.15, -0.1) is 5.10 Å². The van der Waals surface area contributed by atoms with Gasteiger partial charge in [0, 0.05) is 26.3 Å². The van der Waals surface area contributed by atoms with Crippen LogP contribution in [0.1, 0.15) is 31.5 Å². The molecular formula is C10H19N5O. The van der Waals surface area contributed by atoms with Gasteiger partial charge in [-0.2, -0.15) is 0 Å². The van der Waals surface area contributed by atoms with Crippen molar-refractivity contribution in [2.75, 3.05) is 13.7 Å². The summed E-state index contributed by atoms with van der Waals surface area (Å²) in [5.41, 5.74) is 0. The lowest BCUT2D eigenvalue weighted by molar-refractivity contribution is 0.190. The van der Waals surface area contributed by atoms with Gasteiger partial charge < -0.3 is 10.1 Å². The SMILES string of the molecule is COCCCCn1nnnc1CNC1CC1. The van der Waals surface area contributed by atoms with Crippen LogP contribution < -0.4 is 5.32 Å². The van der Waals surface area contributed by atoms with E-state index in [1.54, 1.807) is 7.11 Å². The fourth-order valence-corrected chi connectivity index (χ4v) is 1.55. The predicted octanol–water partition coefficient (Wildman–Crippen LogP) is 0.352. The highest BCUT2D eigenvalue weighted by Gasteiger charge is 2.21. The fourth-order valence-electron chi connectivity index (χ4n) is 1.55. The van der Waals surface area contributed by atoms with Crippen LogP contribution in [0.2, 0.25) is 0 Å². The molecule has 1 N–H and O–H groups in total. The first kappa shape index (κ1) is 11.5. The number of nitrogens with one attached hydrogen (secondary N) is 1. The lowest BCUT2D eigenvalue weighted by atomic mass is 10.3. The average Bonchev–Trinajstić information content (AvgIpc) is 3.02. The molecule has 6 nitrogen and oxygen atoms in total. The zero-order valence-corrected chi connectivity index (χ0v) is 9.72. The minimum atomic E-state index is 0.693. The van der Waals surface area contributed by atoms with Crippen LogP contribution in [0.25, 0.3) is 0 Å². The van der Waals surface area contributed by atoms with E-state index in [0.29, 0.717) is 6.04 Å². The highest BCUT2D eigenvalue weighted by atomic mass is 16.5. The topological polar surface area (TPSA) is 64.9 Å². The van der Waals surface area contributed by atoms with Crippen molar-refractivity contribution in [1.82, 2.24) is 25.5 Å². The molecule has 1 aromatic heterocycles. The highest BCUT2D eigenvalue weighted by Crippen LogP contribution is 2.18. The first-order valence-electron chi connectivity index (χ1n) is 5.87. The third-order valence-electron chi connectivity index (χ3n) is 2.70. The quantitative estimate of drug-likeness (QED) is 0.647. The number of hydrogen-bond donors (Lipinski definition) is 1. The number of ether oxygens (including phenoxy) is 1. The molecule has 0 spiro atoms. The van der Waals surface area contributed by atoms with Crippen LogP contribution in [0.3, 0.4) is 0 Å². The van der Waals surface area contributed by atoms with Crippen LogP contribution in [-0.2, 0) is 17.8 Å². The van der Waals surface area contributed by atoms with E-state index < -0.39 is 0 Å². The van der Waals surface area contributed by atoms with Crippen molar-refractivity contribution in [3.05, 3.63) is 5.82 Å². The molecule has 16 heavy (non-hydrogen) atoms. The monoisotopic (exact) mass is 225 g/mol. The molecule has 90 valence electrons. The fraction of sp³-hybridized carbons (Fsp3) is 0.900. The van der Waals surface area contributed by atoms with Gasteiger partial charge in [-0.1, -0.05) is 0 Å². The molecule has 1 fully saturated rings. The zero-order valence-electron chi connectivity index (χ0n) is 9.72. The Hall–Kier alpha value is -1.01. The van der Waals surface area contributed by atoms with Gasteiger partial charge in [-0.25, -0.2) is 4.68 Å². The molecule has 0 aromatic carbocycles. The summed E-state index contributed by atoms with van der Waals surface area (Å²) in [6.07, 6.45) is 4.67. The molecule has 0 atom stereocenters. The van der Waals surface area contributed by atoms with Crippen LogP contribution >= 0.6 is 0 Å². The Bertz CT molecular complexity index is 310. The van der Waals surface area contributed by atoms with Gasteiger partial charge in [-0.05, 0) is 36.1 Å². The molecule has 2 rings (SSSR count). The number of rotatable bonds is 8. The Morgan fingerprint density at radius 2 is 2.31 bits per heavy atom. The highest BCUT2D eigenvalue weighted by molar-refractivity contribution is 4.86. The van der Waals surface area contributed by atoms with Crippen molar-refractivity contribution in [3.8, 4) is 0 Å². The Morgan fingerprint density at radius 1 is 1.44 bits per heavy atom. The normalized spacial score (nSPS) is 15.6. The molecule has 1 aliphatic rings. The van der Waals surface area contributed by atoms with Crippen LogP contribution in [0.5, 0.6) is 0 Å². The third-order valence-corrected chi connectivity index (χ3v) is 2.70. The lowest BCUT2D eigenvalue weighted by Gasteiger charge is -2.04. The van der Waals surface area contributed by atoms with Crippen LogP contribution in [0.4, 0.5) is 0 Å². The third kappa shape index (κ3) is 3.53. The predicted molar refractivity (Wildman–Crippen MR) is 58.8 cm³/mol. The summed E-state index contributed by atoms with van der Waals surface area (Å²) in [5.74, 6) is 0.935. The summed E-state index contributed by atoms with van der Waals surface area (Å²) in [7, 11) is 1.72. The average molecular weight is 225 g/mol. The minimum absolute atomic E-state index is 0.693. The minimum Gasteiger partial charge on any atom is -0.385 e. The van der Waals surface area contributed by atoms with Crippen molar-refractivity contribution in [1.29, 1.82) is 0 Å². The summed E-state index contributed by atoms with van der Waals surface area (Å²) < 4.78 is 6.89. The van der Waals surface area contributed by atoms with E-state index in [4.69, 9.17) is 4.74 Å². The van der Waals surface area contributed by atoms with E-state index in [0.717, 1.165) is 38.4 Å². The molecule has 1 aromatic rings. The van der Waals surface area contributed by atoms with Crippen molar-refractivity contribution in [2.24, 2.45) is 0 Å². The zero-order chi connectivity index (χ0) is 11.2. The lowest BCUT2D eigenvalue weighted by Crippen LogP contribution is -2.19. The maximum Gasteiger partial charge on any atom is 0.165 e.